The number of hydrogen-bond donors (Lipinski definition) is 1. The number of halogens is 1. The lowest BCUT2D eigenvalue weighted by molar-refractivity contribution is 0.585. The molecule has 0 aromatic carbocycles. The van der Waals surface area contributed by atoms with Crippen molar-refractivity contribution in [2.75, 3.05) is 7.05 Å². The molecule has 1 unspecified atom stereocenters. The number of aryl methyl sites for hydroxylation is 1. The fourth-order valence-corrected chi connectivity index (χ4v) is 2.44. The van der Waals surface area contributed by atoms with Gasteiger partial charge < -0.3 is 5.32 Å². The smallest absolute Gasteiger partial charge is 0.0540 e. The summed E-state index contributed by atoms with van der Waals surface area (Å²) in [5, 5.41) is 7.64. The molecule has 0 radical (unpaired) electrons. The maximum Gasteiger partial charge on any atom is 0.0540 e. The summed E-state index contributed by atoms with van der Waals surface area (Å²) in [6, 6.07) is 2.36. The third kappa shape index (κ3) is 2.79. The monoisotopic (exact) mass is 308 g/mol. The third-order valence-corrected chi connectivity index (χ3v) is 3.63. The number of rotatable bonds is 4. The summed E-state index contributed by atoms with van der Waals surface area (Å²) in [7, 11) is 3.94. The van der Waals surface area contributed by atoms with E-state index in [9.17, 15) is 0 Å². The van der Waals surface area contributed by atoms with E-state index in [4.69, 9.17) is 0 Å². The van der Waals surface area contributed by atoms with E-state index in [1.165, 1.54) is 16.8 Å². The van der Waals surface area contributed by atoms with Crippen LogP contribution >= 0.6 is 15.9 Å². The van der Waals surface area contributed by atoms with Gasteiger partial charge in [-0.05, 0) is 48.0 Å². The van der Waals surface area contributed by atoms with Gasteiger partial charge in [-0.25, -0.2) is 0 Å². The number of hydrogen-bond acceptors (Lipinski definition) is 3. The van der Waals surface area contributed by atoms with Crippen molar-refractivity contribution in [1.82, 2.24) is 20.1 Å². The van der Waals surface area contributed by atoms with E-state index >= 15 is 0 Å². The number of likely N-dealkylation sites (N-methyl/N-ethyl adjacent to an activating group) is 1. The molecule has 0 bridgehead atoms. The van der Waals surface area contributed by atoms with Crippen LogP contribution in [0.4, 0.5) is 0 Å². The Morgan fingerprint density at radius 3 is 2.72 bits per heavy atom. The quantitative estimate of drug-likeness (QED) is 0.943. The lowest BCUT2D eigenvalue weighted by Crippen LogP contribution is -2.19. The minimum Gasteiger partial charge on any atom is -0.313 e. The van der Waals surface area contributed by atoms with Crippen LogP contribution in [0.15, 0.2) is 29.1 Å². The second-order valence-electron chi connectivity index (χ2n) is 4.37. The van der Waals surface area contributed by atoms with Gasteiger partial charge in [-0.3, -0.25) is 9.67 Å². The lowest BCUT2D eigenvalue weighted by Gasteiger charge is -2.16. The van der Waals surface area contributed by atoms with Gasteiger partial charge in [0.2, 0.25) is 0 Å². The summed E-state index contributed by atoms with van der Waals surface area (Å²) in [5.74, 6) is 0. The van der Waals surface area contributed by atoms with Gasteiger partial charge >= 0.3 is 0 Å². The number of aromatic nitrogens is 3. The molecule has 1 N–H and O–H groups in total. The molecule has 2 heterocycles. The van der Waals surface area contributed by atoms with Gasteiger partial charge in [-0.2, -0.15) is 5.10 Å². The van der Waals surface area contributed by atoms with Gasteiger partial charge in [-0.1, -0.05) is 0 Å². The van der Waals surface area contributed by atoms with Crippen molar-refractivity contribution in [2.45, 2.75) is 19.4 Å². The van der Waals surface area contributed by atoms with Crippen LogP contribution in [0.25, 0.3) is 0 Å². The third-order valence-electron chi connectivity index (χ3n) is 3.20. The average Bonchev–Trinajstić information content (AvgIpc) is 2.67. The molecule has 2 aromatic rings. The molecule has 18 heavy (non-hydrogen) atoms. The van der Waals surface area contributed by atoms with Gasteiger partial charge in [0.25, 0.3) is 0 Å². The largest absolute Gasteiger partial charge is 0.313 e. The molecule has 5 heteroatoms. The topological polar surface area (TPSA) is 42.7 Å². The highest BCUT2D eigenvalue weighted by atomic mass is 79.9. The summed E-state index contributed by atoms with van der Waals surface area (Å²) in [6.45, 7) is 2.09. The van der Waals surface area contributed by atoms with E-state index < -0.39 is 0 Å². The number of nitrogens with one attached hydrogen (secondary N) is 1. The average molecular weight is 309 g/mol. The SMILES string of the molecule is CNC(Cc1cncc(Br)c1)c1cnn(C)c1C. The van der Waals surface area contributed by atoms with Crippen molar-refractivity contribution in [3.05, 3.63) is 46.0 Å². The molecule has 0 fully saturated rings. The van der Waals surface area contributed by atoms with Crippen LogP contribution in [0.2, 0.25) is 0 Å². The molecular weight excluding hydrogens is 292 g/mol. The molecular formula is C13H17BrN4. The number of nitrogens with zero attached hydrogens (tertiary/aromatic N) is 3. The Kier molecular flexibility index (Phi) is 4.14. The van der Waals surface area contributed by atoms with Crippen molar-refractivity contribution in [3.8, 4) is 0 Å². The Morgan fingerprint density at radius 2 is 2.17 bits per heavy atom. The van der Waals surface area contributed by atoms with Gasteiger partial charge in [-0.15, -0.1) is 0 Å². The minimum absolute atomic E-state index is 0.259. The highest BCUT2D eigenvalue weighted by Crippen LogP contribution is 2.21. The van der Waals surface area contributed by atoms with Crippen LogP contribution in [0.5, 0.6) is 0 Å². The molecule has 0 aliphatic carbocycles. The first-order chi connectivity index (χ1) is 8.61. The standard InChI is InChI=1S/C13H17BrN4/c1-9-12(8-17-18(9)3)13(15-2)5-10-4-11(14)7-16-6-10/h4,6-8,13,15H,5H2,1-3H3. The molecule has 96 valence electrons. The first kappa shape index (κ1) is 13.2. The summed E-state index contributed by atoms with van der Waals surface area (Å²) in [4.78, 5) is 4.20. The van der Waals surface area contributed by atoms with Crippen LogP contribution in [0.3, 0.4) is 0 Å². The van der Waals surface area contributed by atoms with Crippen molar-refractivity contribution in [1.29, 1.82) is 0 Å². The molecule has 0 aliphatic rings. The van der Waals surface area contributed by atoms with Crippen LogP contribution in [-0.2, 0) is 13.5 Å². The van der Waals surface area contributed by atoms with Gasteiger partial charge in [0.05, 0.1) is 6.20 Å². The summed E-state index contributed by atoms with van der Waals surface area (Å²) in [5.41, 5.74) is 3.63. The van der Waals surface area contributed by atoms with E-state index in [0.29, 0.717) is 0 Å². The molecule has 1 atom stereocenters. The normalized spacial score (nSPS) is 12.7. The highest BCUT2D eigenvalue weighted by Gasteiger charge is 2.15. The Bertz CT molecular complexity index is 536. The summed E-state index contributed by atoms with van der Waals surface area (Å²) >= 11 is 3.45. The van der Waals surface area contributed by atoms with Gasteiger partial charge in [0, 0.05) is 41.2 Å². The van der Waals surface area contributed by atoms with E-state index in [1.807, 2.05) is 31.2 Å². The molecule has 0 saturated heterocycles. The van der Waals surface area contributed by atoms with Crippen LogP contribution in [0.1, 0.15) is 22.9 Å². The van der Waals surface area contributed by atoms with Crippen molar-refractivity contribution >= 4 is 15.9 Å². The Hall–Kier alpha value is -1.20. The summed E-state index contributed by atoms with van der Waals surface area (Å²) < 4.78 is 2.91. The highest BCUT2D eigenvalue weighted by molar-refractivity contribution is 9.10. The van der Waals surface area contributed by atoms with E-state index in [-0.39, 0.29) is 6.04 Å². The van der Waals surface area contributed by atoms with Crippen LogP contribution in [0, 0.1) is 6.92 Å². The van der Waals surface area contributed by atoms with Crippen molar-refractivity contribution < 1.29 is 0 Å². The Morgan fingerprint density at radius 1 is 1.39 bits per heavy atom. The maximum absolute atomic E-state index is 4.30. The van der Waals surface area contributed by atoms with Crippen LogP contribution in [-0.4, -0.2) is 21.8 Å². The second-order valence-corrected chi connectivity index (χ2v) is 5.28. The first-order valence-electron chi connectivity index (χ1n) is 5.87. The minimum atomic E-state index is 0.259. The predicted octanol–water partition coefficient (Wildman–Crippen LogP) is 2.39. The molecule has 2 rings (SSSR count). The maximum atomic E-state index is 4.30. The van der Waals surface area contributed by atoms with Crippen molar-refractivity contribution in [3.63, 3.8) is 0 Å². The van der Waals surface area contributed by atoms with Gasteiger partial charge in [0.15, 0.2) is 0 Å². The summed E-state index contributed by atoms with van der Waals surface area (Å²) in [6.07, 6.45) is 6.53. The van der Waals surface area contributed by atoms with Crippen molar-refractivity contribution in [2.24, 2.45) is 7.05 Å². The van der Waals surface area contributed by atoms with E-state index in [1.54, 1.807) is 6.20 Å². The zero-order valence-corrected chi connectivity index (χ0v) is 12.4. The first-order valence-corrected chi connectivity index (χ1v) is 6.66. The molecule has 2 aromatic heterocycles. The van der Waals surface area contributed by atoms with E-state index in [2.05, 4.69) is 44.3 Å². The molecule has 4 nitrogen and oxygen atoms in total. The fraction of sp³-hybridized carbons (Fsp3) is 0.385. The molecule has 0 aliphatic heterocycles. The second kappa shape index (κ2) is 5.63. The molecule has 0 saturated carbocycles. The fourth-order valence-electron chi connectivity index (χ4n) is 2.03. The van der Waals surface area contributed by atoms with Gasteiger partial charge in [0.1, 0.15) is 0 Å². The van der Waals surface area contributed by atoms with Crippen LogP contribution < -0.4 is 5.32 Å². The Balaban J connectivity index is 2.22. The number of pyridine rings is 1. The molecule has 0 spiro atoms. The zero-order chi connectivity index (χ0) is 13.1. The predicted molar refractivity (Wildman–Crippen MR) is 75.4 cm³/mol. The zero-order valence-electron chi connectivity index (χ0n) is 10.8. The lowest BCUT2D eigenvalue weighted by atomic mass is 10.0. The van der Waals surface area contributed by atoms with E-state index in [0.717, 1.165) is 10.9 Å². The Labute approximate surface area is 116 Å². The molecule has 0 amide bonds.